The molecular weight excluding hydrogens is 160 g/mol. The molecule has 1 aliphatic rings. The minimum Gasteiger partial charge on any atom is -0.382 e. The molecule has 0 aromatic rings. The van der Waals surface area contributed by atoms with Crippen LogP contribution in [0.25, 0.3) is 0 Å². The highest BCUT2D eigenvalue weighted by molar-refractivity contribution is 6.04. The van der Waals surface area contributed by atoms with Gasteiger partial charge < -0.3 is 10.1 Å². The Balaban J connectivity index is 2.43. The van der Waals surface area contributed by atoms with Gasteiger partial charge in [0.25, 0.3) is 5.91 Å². The summed E-state index contributed by atoms with van der Waals surface area (Å²) in [5.74, 6) is -0.274. The number of carbonyl (C=O) groups excluding carboxylic acids is 2. The van der Waals surface area contributed by atoms with Crippen molar-refractivity contribution in [2.45, 2.75) is 25.5 Å². The highest BCUT2D eigenvalue weighted by atomic mass is 16.5. The molecule has 1 rings (SSSR count). The van der Waals surface area contributed by atoms with Crippen LogP contribution < -0.4 is 10.6 Å². The first-order valence-electron chi connectivity index (χ1n) is 3.77. The van der Waals surface area contributed by atoms with E-state index in [4.69, 9.17) is 4.74 Å². The summed E-state index contributed by atoms with van der Waals surface area (Å²) >= 11 is 0. The van der Waals surface area contributed by atoms with E-state index in [9.17, 15) is 9.59 Å². The number of carbonyl (C=O) groups is 2. The molecule has 1 saturated heterocycles. The van der Waals surface area contributed by atoms with E-state index < -0.39 is 12.1 Å². The summed E-state index contributed by atoms with van der Waals surface area (Å²) in [5.41, 5.74) is 0. The third-order valence-corrected chi connectivity index (χ3v) is 1.83. The van der Waals surface area contributed by atoms with Crippen molar-refractivity contribution in [3.63, 3.8) is 0 Å². The Morgan fingerprint density at radius 1 is 1.58 bits per heavy atom. The lowest BCUT2D eigenvalue weighted by Crippen LogP contribution is -2.32. The fourth-order valence-corrected chi connectivity index (χ4v) is 1.05. The summed E-state index contributed by atoms with van der Waals surface area (Å²) in [6.45, 7) is 1.84. The minimum atomic E-state index is -0.438. The summed E-state index contributed by atoms with van der Waals surface area (Å²) in [6.07, 6.45) is 0.479. The van der Waals surface area contributed by atoms with Crippen molar-refractivity contribution in [2.24, 2.45) is 0 Å². The number of imide groups is 1. The van der Waals surface area contributed by atoms with Gasteiger partial charge in [-0.1, -0.05) is 0 Å². The van der Waals surface area contributed by atoms with Crippen LogP contribution >= 0.6 is 0 Å². The monoisotopic (exact) mass is 172 g/mol. The van der Waals surface area contributed by atoms with E-state index in [1.165, 1.54) is 0 Å². The number of hydrogen-bond donors (Lipinski definition) is 2. The van der Waals surface area contributed by atoms with Gasteiger partial charge in [-0.2, -0.15) is 0 Å². The fourth-order valence-electron chi connectivity index (χ4n) is 1.05. The molecule has 0 aliphatic carbocycles. The maximum Gasteiger partial charge on any atom is 0.322 e. The zero-order valence-electron chi connectivity index (χ0n) is 7.09. The van der Waals surface area contributed by atoms with Crippen molar-refractivity contribution >= 4 is 11.9 Å². The van der Waals surface area contributed by atoms with Crippen LogP contribution in [0.15, 0.2) is 0 Å². The van der Waals surface area contributed by atoms with Gasteiger partial charge in [0.15, 0.2) is 0 Å². The molecular formula is C7H12N2O3. The van der Waals surface area contributed by atoms with Crippen molar-refractivity contribution < 1.29 is 14.3 Å². The number of nitrogens with one attached hydrogen (secondary N) is 2. The fraction of sp³-hybridized carbons (Fsp3) is 0.714. The molecule has 2 unspecified atom stereocenters. The van der Waals surface area contributed by atoms with E-state index in [2.05, 4.69) is 10.6 Å². The molecule has 3 amide bonds. The lowest BCUT2D eigenvalue weighted by atomic mass is 10.1. The second-order valence-corrected chi connectivity index (χ2v) is 2.80. The molecule has 1 aliphatic heterocycles. The average molecular weight is 172 g/mol. The first kappa shape index (κ1) is 8.99. The van der Waals surface area contributed by atoms with E-state index in [1.807, 2.05) is 6.92 Å². The molecule has 5 nitrogen and oxygen atoms in total. The Morgan fingerprint density at radius 3 is 2.67 bits per heavy atom. The number of methoxy groups -OCH3 is 1. The van der Waals surface area contributed by atoms with Gasteiger partial charge in [0.1, 0.15) is 6.04 Å². The van der Waals surface area contributed by atoms with Gasteiger partial charge in [0.05, 0.1) is 6.10 Å². The summed E-state index contributed by atoms with van der Waals surface area (Å²) < 4.78 is 4.96. The summed E-state index contributed by atoms with van der Waals surface area (Å²) in [6, 6.07) is -0.860. The van der Waals surface area contributed by atoms with Crippen LogP contribution in [0.3, 0.4) is 0 Å². The Bertz CT molecular complexity index is 205. The maximum absolute atomic E-state index is 11.0. The van der Waals surface area contributed by atoms with Gasteiger partial charge in [-0.25, -0.2) is 4.79 Å². The number of ether oxygens (including phenoxy) is 1. The van der Waals surface area contributed by atoms with Crippen molar-refractivity contribution in [3.8, 4) is 0 Å². The van der Waals surface area contributed by atoms with Gasteiger partial charge in [0, 0.05) is 13.5 Å². The Morgan fingerprint density at radius 2 is 2.25 bits per heavy atom. The molecule has 5 heteroatoms. The lowest BCUT2D eigenvalue weighted by Gasteiger charge is -2.12. The molecule has 0 bridgehead atoms. The molecule has 1 heterocycles. The minimum absolute atomic E-state index is 0.0286. The standard InChI is InChI=1S/C7H12N2O3/c1-4(12-2)3-5-6(10)9-7(11)8-5/h4-5H,3H2,1-2H3,(H2,8,9,10,11). The molecule has 0 spiro atoms. The number of rotatable bonds is 3. The van der Waals surface area contributed by atoms with Gasteiger partial charge in [0.2, 0.25) is 0 Å². The van der Waals surface area contributed by atoms with E-state index in [0.717, 1.165) is 0 Å². The summed E-state index contributed by atoms with van der Waals surface area (Å²) in [4.78, 5) is 21.6. The molecule has 68 valence electrons. The van der Waals surface area contributed by atoms with Gasteiger partial charge in [-0.15, -0.1) is 0 Å². The zero-order chi connectivity index (χ0) is 9.14. The first-order valence-corrected chi connectivity index (χ1v) is 3.77. The highest BCUT2D eigenvalue weighted by Crippen LogP contribution is 2.04. The Kier molecular flexibility index (Phi) is 2.65. The largest absolute Gasteiger partial charge is 0.382 e. The van der Waals surface area contributed by atoms with Crippen LogP contribution in [-0.2, 0) is 9.53 Å². The van der Waals surface area contributed by atoms with E-state index in [0.29, 0.717) is 6.42 Å². The maximum atomic E-state index is 11.0. The molecule has 2 N–H and O–H groups in total. The molecule has 0 radical (unpaired) electrons. The molecule has 12 heavy (non-hydrogen) atoms. The van der Waals surface area contributed by atoms with Crippen molar-refractivity contribution in [1.29, 1.82) is 0 Å². The second-order valence-electron chi connectivity index (χ2n) is 2.80. The number of urea groups is 1. The SMILES string of the molecule is COC(C)CC1NC(=O)NC1=O. The van der Waals surface area contributed by atoms with Crippen LogP contribution in [0.1, 0.15) is 13.3 Å². The Labute approximate surface area is 70.5 Å². The van der Waals surface area contributed by atoms with E-state index in [-0.39, 0.29) is 12.0 Å². The van der Waals surface area contributed by atoms with Crippen LogP contribution in [0.4, 0.5) is 4.79 Å². The van der Waals surface area contributed by atoms with E-state index in [1.54, 1.807) is 7.11 Å². The second kappa shape index (κ2) is 3.53. The molecule has 0 aromatic heterocycles. The smallest absolute Gasteiger partial charge is 0.322 e. The highest BCUT2D eigenvalue weighted by Gasteiger charge is 2.30. The third kappa shape index (κ3) is 1.94. The average Bonchev–Trinajstić information content (AvgIpc) is 2.30. The zero-order valence-corrected chi connectivity index (χ0v) is 7.09. The van der Waals surface area contributed by atoms with Crippen LogP contribution in [0.2, 0.25) is 0 Å². The van der Waals surface area contributed by atoms with Gasteiger partial charge in [-0.3, -0.25) is 10.1 Å². The van der Waals surface area contributed by atoms with Crippen molar-refractivity contribution in [3.05, 3.63) is 0 Å². The first-order chi connectivity index (χ1) is 5.63. The number of amides is 3. The van der Waals surface area contributed by atoms with E-state index >= 15 is 0 Å². The Hall–Kier alpha value is -1.10. The quantitative estimate of drug-likeness (QED) is 0.570. The molecule has 0 saturated carbocycles. The van der Waals surface area contributed by atoms with Gasteiger partial charge >= 0.3 is 6.03 Å². The van der Waals surface area contributed by atoms with Crippen LogP contribution in [0, 0.1) is 0 Å². The predicted octanol–water partition coefficient (Wildman–Crippen LogP) is -0.381. The van der Waals surface area contributed by atoms with Crippen LogP contribution in [-0.4, -0.2) is 31.2 Å². The number of hydrogen-bond acceptors (Lipinski definition) is 3. The van der Waals surface area contributed by atoms with Crippen LogP contribution in [0.5, 0.6) is 0 Å². The van der Waals surface area contributed by atoms with Crippen molar-refractivity contribution in [1.82, 2.24) is 10.6 Å². The summed E-state index contributed by atoms with van der Waals surface area (Å²) in [5, 5.41) is 4.64. The predicted molar refractivity (Wildman–Crippen MR) is 41.6 cm³/mol. The summed E-state index contributed by atoms with van der Waals surface area (Å²) in [7, 11) is 1.57. The third-order valence-electron chi connectivity index (χ3n) is 1.83. The lowest BCUT2D eigenvalue weighted by molar-refractivity contribution is -0.120. The molecule has 2 atom stereocenters. The molecule has 0 aromatic carbocycles. The topological polar surface area (TPSA) is 67.4 Å². The van der Waals surface area contributed by atoms with Gasteiger partial charge in [-0.05, 0) is 6.92 Å². The van der Waals surface area contributed by atoms with Crippen molar-refractivity contribution in [2.75, 3.05) is 7.11 Å². The molecule has 1 fully saturated rings. The normalized spacial score (nSPS) is 25.0.